The predicted molar refractivity (Wildman–Crippen MR) is 158 cm³/mol. The van der Waals surface area contributed by atoms with Gasteiger partial charge in [0.2, 0.25) is 5.91 Å². The van der Waals surface area contributed by atoms with Gasteiger partial charge in [0.15, 0.2) is 17.3 Å². The van der Waals surface area contributed by atoms with Crippen molar-refractivity contribution in [1.82, 2.24) is 39.1 Å². The van der Waals surface area contributed by atoms with Gasteiger partial charge in [-0.1, -0.05) is 12.6 Å². The van der Waals surface area contributed by atoms with Gasteiger partial charge in [-0.3, -0.25) is 14.3 Å². The molecule has 41 heavy (non-hydrogen) atoms. The minimum atomic E-state index is 0.0223. The fraction of sp³-hybridized carbons (Fsp3) is 0.258. The number of imidazole rings is 1. The Bertz CT molecular complexity index is 1750. The van der Waals surface area contributed by atoms with E-state index in [1.807, 2.05) is 41.4 Å². The van der Waals surface area contributed by atoms with Crippen LogP contribution in [0.15, 0.2) is 79.8 Å². The molecule has 0 spiro atoms. The first kappa shape index (κ1) is 25.2. The van der Waals surface area contributed by atoms with Crippen molar-refractivity contribution >= 4 is 22.9 Å². The second kappa shape index (κ2) is 10.3. The average Bonchev–Trinajstić information content (AvgIpc) is 3.76. The number of aryl methyl sites for hydroxylation is 1. The van der Waals surface area contributed by atoms with Crippen LogP contribution >= 0.6 is 0 Å². The van der Waals surface area contributed by atoms with Gasteiger partial charge >= 0.3 is 0 Å². The van der Waals surface area contributed by atoms with Crippen LogP contribution in [0.3, 0.4) is 0 Å². The van der Waals surface area contributed by atoms with Crippen LogP contribution in [0.1, 0.15) is 23.5 Å². The zero-order valence-electron chi connectivity index (χ0n) is 22.7. The normalized spacial score (nSPS) is 17.2. The summed E-state index contributed by atoms with van der Waals surface area (Å²) >= 11 is 0. The number of nitrogens with zero attached hydrogens (tertiary/aromatic N) is 8. The number of hydrogen-bond acceptors (Lipinski definition) is 7. The number of fused-ring (bicyclic) bond motifs is 2. The molecular weight excluding hydrogens is 514 g/mol. The molecule has 1 aliphatic carbocycles. The van der Waals surface area contributed by atoms with Gasteiger partial charge in [-0.2, -0.15) is 5.10 Å². The van der Waals surface area contributed by atoms with Gasteiger partial charge < -0.3 is 10.6 Å². The van der Waals surface area contributed by atoms with Crippen LogP contribution < -0.4 is 5.73 Å². The minimum absolute atomic E-state index is 0.0223. The van der Waals surface area contributed by atoms with Gasteiger partial charge in [0.05, 0.1) is 5.56 Å². The summed E-state index contributed by atoms with van der Waals surface area (Å²) in [6.45, 7) is 7.92. The molecule has 5 heterocycles. The molecule has 1 saturated heterocycles. The molecule has 0 radical (unpaired) electrons. The summed E-state index contributed by atoms with van der Waals surface area (Å²) in [6.07, 6.45) is 8.84. The molecule has 1 atom stereocenters. The highest BCUT2D eigenvalue weighted by Crippen LogP contribution is 2.37. The summed E-state index contributed by atoms with van der Waals surface area (Å²) in [4.78, 5) is 30.6. The van der Waals surface area contributed by atoms with Gasteiger partial charge in [0, 0.05) is 57.0 Å². The Kier molecular flexibility index (Phi) is 6.31. The van der Waals surface area contributed by atoms with Gasteiger partial charge in [-0.15, -0.1) is 0 Å². The molecule has 206 valence electrons. The number of nitrogens with two attached hydrogens (primary N) is 1. The topological polar surface area (TPSA) is 111 Å². The molecule has 1 unspecified atom stereocenters. The van der Waals surface area contributed by atoms with E-state index >= 15 is 0 Å². The molecule has 10 nitrogen and oxygen atoms in total. The Morgan fingerprint density at radius 1 is 1.05 bits per heavy atom. The first-order chi connectivity index (χ1) is 20.1. The fourth-order valence-corrected chi connectivity index (χ4v) is 6.12. The second-order valence-corrected chi connectivity index (χ2v) is 10.6. The van der Waals surface area contributed by atoms with Crippen LogP contribution in [0.4, 0.5) is 5.82 Å². The average molecular weight is 546 g/mol. The summed E-state index contributed by atoms with van der Waals surface area (Å²) in [7, 11) is 0. The zero-order valence-corrected chi connectivity index (χ0v) is 22.7. The van der Waals surface area contributed by atoms with E-state index in [1.54, 1.807) is 17.1 Å². The van der Waals surface area contributed by atoms with Crippen LogP contribution in [0.5, 0.6) is 0 Å². The molecule has 4 aromatic heterocycles. The third-order valence-electron chi connectivity index (χ3n) is 8.23. The van der Waals surface area contributed by atoms with E-state index in [-0.39, 0.29) is 5.91 Å². The first-order valence-electron chi connectivity index (χ1n) is 14.0. The number of piperazine rings is 1. The number of amides is 1. The molecule has 1 aliphatic heterocycles. The van der Waals surface area contributed by atoms with Gasteiger partial charge in [0.25, 0.3) is 0 Å². The lowest BCUT2D eigenvalue weighted by Crippen LogP contribution is -2.49. The summed E-state index contributed by atoms with van der Waals surface area (Å²) in [6, 6.07) is 16.3. The lowest BCUT2D eigenvalue weighted by molar-refractivity contribution is -0.127. The third kappa shape index (κ3) is 4.55. The van der Waals surface area contributed by atoms with Crippen molar-refractivity contribution < 1.29 is 4.79 Å². The summed E-state index contributed by atoms with van der Waals surface area (Å²) < 4.78 is 3.83. The van der Waals surface area contributed by atoms with Crippen molar-refractivity contribution in [3.63, 3.8) is 0 Å². The number of benzene rings is 1. The maximum Gasteiger partial charge on any atom is 0.246 e. The molecule has 2 aliphatic rings. The Hall–Kier alpha value is -4.83. The van der Waals surface area contributed by atoms with Crippen molar-refractivity contribution in [1.29, 1.82) is 0 Å². The first-order valence-corrected chi connectivity index (χ1v) is 14.0. The van der Waals surface area contributed by atoms with Crippen LogP contribution in [0.25, 0.3) is 34.1 Å². The van der Waals surface area contributed by atoms with Crippen LogP contribution in [0.2, 0.25) is 0 Å². The highest BCUT2D eigenvalue weighted by molar-refractivity contribution is 5.87. The highest BCUT2D eigenvalue weighted by Gasteiger charge is 2.28. The Labute approximate surface area is 237 Å². The fourth-order valence-electron chi connectivity index (χ4n) is 6.12. The monoisotopic (exact) mass is 545 g/mol. The quantitative estimate of drug-likeness (QED) is 0.325. The van der Waals surface area contributed by atoms with E-state index in [1.165, 1.54) is 17.2 Å². The number of hydrogen-bond donors (Lipinski definition) is 1. The smallest absolute Gasteiger partial charge is 0.246 e. The number of pyridine rings is 2. The van der Waals surface area contributed by atoms with Gasteiger partial charge in [0.1, 0.15) is 11.3 Å². The van der Waals surface area contributed by atoms with Crippen molar-refractivity contribution in [2.24, 2.45) is 0 Å². The van der Waals surface area contributed by atoms with Gasteiger partial charge in [-0.05, 0) is 78.4 Å². The standard InChI is InChI=1S/C31H31N9O/c1-2-28(41)38-17-15-37(16-18-38)20-22-7-6-21-19-23(8-9-24(21)22)40-30(25-5-3-12-33-29(25)32)35-26-10-11-27(36-31(26)40)39-14-4-13-34-39/h2-5,8-14,19,22H,1,6-7,15-18,20H2,(H2,32,33). The Balaban J connectivity index is 1.24. The zero-order chi connectivity index (χ0) is 27.9. The molecule has 0 saturated carbocycles. The van der Waals surface area contributed by atoms with Crippen molar-refractivity contribution in [3.8, 4) is 22.9 Å². The minimum Gasteiger partial charge on any atom is -0.383 e. The maximum absolute atomic E-state index is 12.0. The molecule has 1 aromatic carbocycles. The molecular formula is C31H31N9O. The number of rotatable bonds is 6. The number of anilines is 1. The van der Waals surface area contributed by atoms with E-state index in [4.69, 9.17) is 15.7 Å². The van der Waals surface area contributed by atoms with E-state index in [2.05, 4.69) is 44.3 Å². The van der Waals surface area contributed by atoms with Crippen molar-refractivity contribution in [2.75, 3.05) is 38.5 Å². The Morgan fingerprint density at radius 3 is 2.71 bits per heavy atom. The number of carbonyl (C=O) groups is 1. The summed E-state index contributed by atoms with van der Waals surface area (Å²) in [5, 5.41) is 4.36. The van der Waals surface area contributed by atoms with Crippen molar-refractivity contribution in [2.45, 2.75) is 18.8 Å². The molecule has 1 fully saturated rings. The van der Waals surface area contributed by atoms with E-state index in [0.29, 0.717) is 23.4 Å². The predicted octanol–water partition coefficient (Wildman–Crippen LogP) is 3.61. The molecule has 0 bridgehead atoms. The number of carbonyl (C=O) groups excluding carboxylic acids is 1. The molecule has 10 heteroatoms. The molecule has 5 aromatic rings. The van der Waals surface area contributed by atoms with E-state index < -0.39 is 0 Å². The molecule has 1 amide bonds. The number of aromatic nitrogens is 6. The number of nitrogen functional groups attached to an aromatic ring is 1. The van der Waals surface area contributed by atoms with E-state index in [0.717, 1.165) is 68.0 Å². The lowest BCUT2D eigenvalue weighted by atomic mass is 10.00. The highest BCUT2D eigenvalue weighted by atomic mass is 16.2. The molecule has 2 N–H and O–H groups in total. The van der Waals surface area contributed by atoms with Crippen LogP contribution in [0, 0.1) is 0 Å². The summed E-state index contributed by atoms with van der Waals surface area (Å²) in [5.41, 5.74) is 12.3. The second-order valence-electron chi connectivity index (χ2n) is 10.6. The van der Waals surface area contributed by atoms with Crippen LogP contribution in [-0.4, -0.2) is 77.7 Å². The van der Waals surface area contributed by atoms with Gasteiger partial charge in [-0.25, -0.2) is 19.6 Å². The van der Waals surface area contributed by atoms with Crippen molar-refractivity contribution in [3.05, 3.63) is 90.9 Å². The molecule has 7 rings (SSSR count). The Morgan fingerprint density at radius 2 is 1.93 bits per heavy atom. The summed E-state index contributed by atoms with van der Waals surface area (Å²) in [5.74, 6) is 2.34. The van der Waals surface area contributed by atoms with Crippen LogP contribution in [-0.2, 0) is 11.2 Å². The van der Waals surface area contributed by atoms with E-state index in [9.17, 15) is 4.79 Å². The third-order valence-corrected chi connectivity index (χ3v) is 8.23. The largest absolute Gasteiger partial charge is 0.383 e. The lowest BCUT2D eigenvalue weighted by Gasteiger charge is -2.35. The SMILES string of the molecule is C=CC(=O)N1CCN(CC2CCc3cc(-n4c(-c5cccnc5N)nc5ccc(-n6cccn6)nc54)ccc32)CC1. The maximum atomic E-state index is 12.0.